The average molecular weight is 485 g/mol. The van der Waals surface area contributed by atoms with Crippen LogP contribution >= 0.6 is 22.9 Å². The van der Waals surface area contributed by atoms with Crippen molar-refractivity contribution in [2.45, 2.75) is 24.2 Å². The molecular formula is C20H21ClN2O6S2. The first-order valence-corrected chi connectivity index (χ1v) is 12.4. The Bertz CT molecular complexity index is 1090. The minimum Gasteiger partial charge on any atom is -0.451 e. The SMILES string of the molecule is O=C(COC(=O)c1cc2c(s1)CCC2)Nc1ccc(Cl)c(S(=O)(=O)N2CCOCC2)c1. The first-order chi connectivity index (χ1) is 14.8. The smallest absolute Gasteiger partial charge is 0.348 e. The number of nitrogens with zero attached hydrogens (tertiary/aromatic N) is 1. The number of nitrogens with one attached hydrogen (secondary N) is 1. The largest absolute Gasteiger partial charge is 0.451 e. The van der Waals surface area contributed by atoms with Crippen molar-refractivity contribution in [3.05, 3.63) is 44.6 Å². The summed E-state index contributed by atoms with van der Waals surface area (Å²) >= 11 is 7.52. The van der Waals surface area contributed by atoms with Gasteiger partial charge in [0.15, 0.2) is 6.61 Å². The number of halogens is 1. The van der Waals surface area contributed by atoms with Crippen molar-refractivity contribution in [3.8, 4) is 0 Å². The minimum absolute atomic E-state index is 0.0571. The topological polar surface area (TPSA) is 102 Å². The van der Waals surface area contributed by atoms with Crippen LogP contribution in [0.5, 0.6) is 0 Å². The quantitative estimate of drug-likeness (QED) is 0.632. The molecule has 1 amide bonds. The molecule has 0 atom stereocenters. The highest BCUT2D eigenvalue weighted by atomic mass is 35.5. The average Bonchev–Trinajstić information content (AvgIpc) is 3.36. The number of hydrogen-bond donors (Lipinski definition) is 1. The first kappa shape index (κ1) is 22.2. The Kier molecular flexibility index (Phi) is 6.63. The molecule has 0 bridgehead atoms. The molecule has 0 spiro atoms. The van der Waals surface area contributed by atoms with Crippen LogP contribution in [0.15, 0.2) is 29.2 Å². The summed E-state index contributed by atoms with van der Waals surface area (Å²) < 4.78 is 37.4. The molecule has 2 aliphatic rings. The van der Waals surface area contributed by atoms with E-state index >= 15 is 0 Å². The maximum absolute atomic E-state index is 12.9. The van der Waals surface area contributed by atoms with Crippen LogP contribution in [0.2, 0.25) is 5.02 Å². The van der Waals surface area contributed by atoms with Gasteiger partial charge in [0.25, 0.3) is 5.91 Å². The number of hydrogen-bond acceptors (Lipinski definition) is 7. The van der Waals surface area contributed by atoms with E-state index in [1.54, 1.807) is 0 Å². The fourth-order valence-corrected chi connectivity index (χ4v) is 6.59. The molecule has 1 saturated heterocycles. The standard InChI is InChI=1S/C20H21ClN2O6S2/c21-15-5-4-14(11-18(15)31(26,27)23-6-8-28-9-7-23)22-19(24)12-29-20(25)17-10-13-2-1-3-16(13)30-17/h4-5,10-11H,1-3,6-9,12H2,(H,22,24). The minimum atomic E-state index is -3.83. The van der Waals surface area contributed by atoms with Crippen molar-refractivity contribution in [3.63, 3.8) is 0 Å². The number of carbonyl (C=O) groups excluding carboxylic acids is 2. The number of benzene rings is 1. The van der Waals surface area contributed by atoms with Gasteiger partial charge in [-0.2, -0.15) is 4.31 Å². The van der Waals surface area contributed by atoms with Crippen molar-refractivity contribution in [1.29, 1.82) is 0 Å². The van der Waals surface area contributed by atoms with Gasteiger partial charge in [0.1, 0.15) is 9.77 Å². The number of fused-ring (bicyclic) bond motifs is 1. The fraction of sp³-hybridized carbons (Fsp3) is 0.400. The van der Waals surface area contributed by atoms with Crippen LogP contribution in [0, 0.1) is 0 Å². The monoisotopic (exact) mass is 484 g/mol. The Labute approximate surface area is 189 Å². The molecule has 2 aromatic rings. The lowest BCUT2D eigenvalue weighted by atomic mass is 10.2. The van der Waals surface area contributed by atoms with E-state index < -0.39 is 28.5 Å². The zero-order chi connectivity index (χ0) is 22.0. The van der Waals surface area contributed by atoms with Crippen molar-refractivity contribution in [2.24, 2.45) is 0 Å². The van der Waals surface area contributed by atoms with Gasteiger partial charge in [-0.1, -0.05) is 11.6 Å². The van der Waals surface area contributed by atoms with Crippen LogP contribution in [0.1, 0.15) is 26.5 Å². The molecule has 1 aliphatic heterocycles. The van der Waals surface area contributed by atoms with Crippen molar-refractivity contribution >= 4 is 50.5 Å². The third-order valence-corrected chi connectivity index (χ3v) is 8.68. The molecule has 1 N–H and O–H groups in total. The highest BCUT2D eigenvalue weighted by molar-refractivity contribution is 7.89. The second-order valence-corrected chi connectivity index (χ2v) is 10.6. The highest BCUT2D eigenvalue weighted by Crippen LogP contribution is 2.31. The molecule has 4 rings (SSSR count). The summed E-state index contributed by atoms with van der Waals surface area (Å²) in [5.41, 5.74) is 1.42. The summed E-state index contributed by atoms with van der Waals surface area (Å²) in [7, 11) is -3.83. The number of morpholine rings is 1. The van der Waals surface area contributed by atoms with Gasteiger partial charge in [0, 0.05) is 23.7 Å². The predicted octanol–water partition coefficient (Wildman–Crippen LogP) is 2.71. The van der Waals surface area contributed by atoms with Crippen molar-refractivity contribution < 1.29 is 27.5 Å². The zero-order valence-corrected chi connectivity index (χ0v) is 18.9. The molecule has 8 nitrogen and oxygen atoms in total. The predicted molar refractivity (Wildman–Crippen MR) is 116 cm³/mol. The normalized spacial score (nSPS) is 16.7. The third-order valence-electron chi connectivity index (χ3n) is 5.08. The van der Waals surface area contributed by atoms with Crippen LogP contribution in [-0.2, 0) is 37.1 Å². The Morgan fingerprint density at radius 1 is 1.19 bits per heavy atom. The number of rotatable bonds is 6. The lowest BCUT2D eigenvalue weighted by Crippen LogP contribution is -2.40. The van der Waals surface area contributed by atoms with Crippen LogP contribution in [0.3, 0.4) is 0 Å². The summed E-state index contributed by atoms with van der Waals surface area (Å²) in [5.74, 6) is -1.12. The second kappa shape index (κ2) is 9.25. The molecule has 0 saturated carbocycles. The molecule has 0 unspecified atom stereocenters. The Balaban J connectivity index is 1.39. The summed E-state index contributed by atoms with van der Waals surface area (Å²) in [6.45, 7) is 0.613. The number of anilines is 1. The molecule has 0 radical (unpaired) electrons. The van der Waals surface area contributed by atoms with Gasteiger partial charge < -0.3 is 14.8 Å². The number of esters is 1. The number of carbonyl (C=O) groups is 2. The van der Waals surface area contributed by atoms with Crippen LogP contribution in [0.25, 0.3) is 0 Å². The van der Waals surface area contributed by atoms with E-state index in [-0.39, 0.29) is 28.7 Å². The van der Waals surface area contributed by atoms with Crippen LogP contribution in [0.4, 0.5) is 5.69 Å². The molecular weight excluding hydrogens is 464 g/mol. The summed E-state index contributed by atoms with van der Waals surface area (Å²) in [6, 6.07) is 6.03. The Morgan fingerprint density at radius 3 is 2.71 bits per heavy atom. The summed E-state index contributed by atoms with van der Waals surface area (Å²) in [4.78, 5) is 26.0. The van der Waals surface area contributed by atoms with Gasteiger partial charge in [0.2, 0.25) is 10.0 Å². The van der Waals surface area contributed by atoms with Crippen molar-refractivity contribution in [2.75, 3.05) is 38.2 Å². The molecule has 2 heterocycles. The van der Waals surface area contributed by atoms with Gasteiger partial charge in [-0.15, -0.1) is 11.3 Å². The van der Waals surface area contributed by atoms with Crippen molar-refractivity contribution in [1.82, 2.24) is 4.31 Å². The highest BCUT2D eigenvalue weighted by Gasteiger charge is 2.29. The van der Waals surface area contributed by atoms with Gasteiger partial charge in [-0.3, -0.25) is 4.79 Å². The number of ether oxygens (including phenoxy) is 2. The molecule has 1 aliphatic carbocycles. The lowest BCUT2D eigenvalue weighted by molar-refractivity contribution is -0.119. The van der Waals surface area contributed by atoms with Crippen LogP contribution in [-0.4, -0.2) is 57.5 Å². The zero-order valence-electron chi connectivity index (χ0n) is 16.6. The summed E-state index contributed by atoms with van der Waals surface area (Å²) in [6.07, 6.45) is 3.04. The maximum Gasteiger partial charge on any atom is 0.348 e. The maximum atomic E-state index is 12.9. The Hall–Kier alpha value is -1.98. The number of amides is 1. The van der Waals surface area contributed by atoms with E-state index in [1.165, 1.54) is 44.3 Å². The summed E-state index contributed by atoms with van der Waals surface area (Å²) in [5, 5.41) is 2.61. The number of thiophene rings is 1. The molecule has 11 heteroatoms. The molecule has 166 valence electrons. The van der Waals surface area contributed by atoms with Gasteiger partial charge in [-0.25, -0.2) is 13.2 Å². The first-order valence-electron chi connectivity index (χ1n) is 9.80. The second-order valence-electron chi connectivity index (χ2n) is 7.20. The third kappa shape index (κ3) is 4.93. The number of sulfonamides is 1. The van der Waals surface area contributed by atoms with E-state index in [2.05, 4.69) is 5.32 Å². The van der Waals surface area contributed by atoms with Gasteiger partial charge in [0.05, 0.1) is 18.2 Å². The van der Waals surface area contributed by atoms with E-state index in [4.69, 9.17) is 21.1 Å². The van der Waals surface area contributed by atoms with Crippen LogP contribution < -0.4 is 5.32 Å². The molecule has 1 aromatic carbocycles. The van der Waals surface area contributed by atoms with Gasteiger partial charge >= 0.3 is 5.97 Å². The number of aryl methyl sites for hydroxylation is 2. The van der Waals surface area contributed by atoms with Gasteiger partial charge in [-0.05, 0) is 49.1 Å². The lowest BCUT2D eigenvalue weighted by Gasteiger charge is -2.26. The molecule has 31 heavy (non-hydrogen) atoms. The Morgan fingerprint density at radius 2 is 1.97 bits per heavy atom. The molecule has 1 aromatic heterocycles. The fourth-order valence-electron chi connectivity index (χ4n) is 3.53. The van der Waals surface area contributed by atoms with E-state index in [0.717, 1.165) is 19.3 Å². The molecule has 1 fully saturated rings. The van der Waals surface area contributed by atoms with E-state index in [1.807, 2.05) is 6.07 Å². The van der Waals surface area contributed by atoms with E-state index in [0.29, 0.717) is 18.1 Å². The van der Waals surface area contributed by atoms with E-state index in [9.17, 15) is 18.0 Å².